The molecule has 4 aromatic rings. The molecule has 0 saturated carbocycles. The maximum Gasteiger partial charge on any atom is 0.264 e. The van der Waals surface area contributed by atoms with Crippen molar-refractivity contribution in [3.63, 3.8) is 0 Å². The topological polar surface area (TPSA) is 143 Å². The Morgan fingerprint density at radius 2 is 1.84 bits per heavy atom. The Kier molecular flexibility index (Phi) is 9.39. The summed E-state index contributed by atoms with van der Waals surface area (Å²) >= 11 is 0. The molecule has 1 saturated heterocycles. The van der Waals surface area contributed by atoms with E-state index in [0.29, 0.717) is 49.4 Å². The number of hydrogen-bond acceptors (Lipinski definition) is 9. The number of carbonyl (C=O) groups excluding carboxylic acids is 2. The zero-order valence-electron chi connectivity index (χ0n) is 29.4. The molecule has 4 heterocycles. The molecule has 12 nitrogen and oxygen atoms in total. The Hall–Kier alpha value is -4.69. The lowest BCUT2D eigenvalue weighted by Gasteiger charge is -2.32. The highest BCUT2D eigenvalue weighted by atomic mass is 28.4. The van der Waals surface area contributed by atoms with E-state index in [9.17, 15) is 19.5 Å². The number of ether oxygens (including phenoxy) is 2. The molecule has 266 valence electrons. The standard InChI is InChI=1S/C38H44N6O6Si/c1-25-36(51(3,4)48)34(17-19-42-24-28(18-20-45)39-41-42)50-38(25)31-22-30(49-2)13-15-33(31)43(37(38)47)23-26-9-8-12-29(21-26)44-35(46)16-14-32(40-44)27-10-6-5-7-11-27/h5-13,15,21-22,24-25,34,36,45,48H,14,16-20,23H2,1-4H3/t25-,34+,36-,38+/m1/s1. The van der Waals surface area contributed by atoms with Crippen LogP contribution in [-0.4, -0.2) is 70.6 Å². The highest BCUT2D eigenvalue weighted by molar-refractivity contribution is 6.71. The molecule has 4 atom stereocenters. The number of methoxy groups -OCH3 is 1. The second-order valence-electron chi connectivity index (χ2n) is 14.2. The number of hydrogen-bond donors (Lipinski definition) is 2. The summed E-state index contributed by atoms with van der Waals surface area (Å²) < 4.78 is 14.3. The van der Waals surface area contributed by atoms with Crippen molar-refractivity contribution in [1.29, 1.82) is 0 Å². The molecular formula is C38H44N6O6Si. The molecule has 0 bridgehead atoms. The van der Waals surface area contributed by atoms with Gasteiger partial charge in [0, 0.05) is 55.6 Å². The van der Waals surface area contributed by atoms with Crippen LogP contribution < -0.4 is 14.6 Å². The molecule has 3 aliphatic heterocycles. The number of carbonyl (C=O) groups is 2. The van der Waals surface area contributed by atoms with Gasteiger partial charge in [-0.1, -0.05) is 54.6 Å². The molecule has 7 rings (SSSR count). The van der Waals surface area contributed by atoms with Crippen LogP contribution in [0.2, 0.25) is 18.6 Å². The van der Waals surface area contributed by atoms with E-state index in [4.69, 9.17) is 14.6 Å². The van der Waals surface area contributed by atoms with E-state index in [0.717, 1.165) is 28.1 Å². The van der Waals surface area contributed by atoms with Crippen molar-refractivity contribution in [1.82, 2.24) is 15.0 Å². The SMILES string of the molecule is COc1ccc2c(c1)[C@]1(O[C@@H](CCn3cc(CCO)nn3)[C@H]([Si](C)(C)O)[C@H]1C)C(=O)N2Cc1cccc(N2N=C(c3ccccc3)CCC2=O)c1. The zero-order valence-corrected chi connectivity index (χ0v) is 30.4. The van der Waals surface area contributed by atoms with Crippen LogP contribution >= 0.6 is 0 Å². The van der Waals surface area contributed by atoms with Crippen molar-refractivity contribution in [3.05, 3.63) is 101 Å². The summed E-state index contributed by atoms with van der Waals surface area (Å²) in [5, 5.41) is 23.9. The minimum absolute atomic E-state index is 0.0118. The summed E-state index contributed by atoms with van der Waals surface area (Å²) in [7, 11) is -1.28. The van der Waals surface area contributed by atoms with Crippen molar-refractivity contribution in [2.24, 2.45) is 11.0 Å². The predicted molar refractivity (Wildman–Crippen MR) is 195 cm³/mol. The van der Waals surface area contributed by atoms with Crippen molar-refractivity contribution in [3.8, 4) is 5.75 Å². The summed E-state index contributed by atoms with van der Waals surface area (Å²) in [6.07, 6.45) is 3.23. The first-order valence-corrected chi connectivity index (χ1v) is 20.5. The van der Waals surface area contributed by atoms with E-state index in [-0.39, 0.29) is 36.4 Å². The summed E-state index contributed by atoms with van der Waals surface area (Å²) in [4.78, 5) is 41.5. The number of rotatable bonds is 11. The number of amides is 2. The van der Waals surface area contributed by atoms with Crippen molar-refractivity contribution < 1.29 is 29.0 Å². The van der Waals surface area contributed by atoms with E-state index in [1.54, 1.807) is 16.7 Å². The third-order valence-corrected chi connectivity index (χ3v) is 12.9. The lowest BCUT2D eigenvalue weighted by Crippen LogP contribution is -2.46. The Bertz CT molecular complexity index is 1960. The average molecular weight is 709 g/mol. The maximum atomic E-state index is 15.0. The largest absolute Gasteiger partial charge is 0.497 e. The molecule has 1 spiro atoms. The van der Waals surface area contributed by atoms with Crippen LogP contribution in [0.5, 0.6) is 5.75 Å². The highest BCUT2D eigenvalue weighted by Crippen LogP contribution is 2.60. The van der Waals surface area contributed by atoms with Crippen LogP contribution in [0.25, 0.3) is 0 Å². The smallest absolute Gasteiger partial charge is 0.264 e. The van der Waals surface area contributed by atoms with E-state index >= 15 is 0 Å². The van der Waals surface area contributed by atoms with Gasteiger partial charge in [0.05, 0.1) is 42.5 Å². The molecule has 3 aliphatic rings. The van der Waals surface area contributed by atoms with Gasteiger partial charge in [-0.15, -0.1) is 5.10 Å². The molecule has 1 aromatic heterocycles. The number of benzene rings is 3. The number of nitrogens with zero attached hydrogens (tertiary/aromatic N) is 6. The molecule has 2 N–H and O–H groups in total. The average Bonchev–Trinajstić information content (AvgIpc) is 3.77. The maximum absolute atomic E-state index is 15.0. The Labute approximate surface area is 298 Å². The Balaban J connectivity index is 1.21. The van der Waals surface area contributed by atoms with Gasteiger partial charge in [0.1, 0.15) is 5.75 Å². The number of aromatic nitrogens is 3. The first-order valence-electron chi connectivity index (χ1n) is 17.5. The number of anilines is 2. The van der Waals surface area contributed by atoms with E-state index in [1.165, 1.54) is 5.01 Å². The summed E-state index contributed by atoms with van der Waals surface area (Å²) in [6.45, 7) is 6.53. The second-order valence-corrected chi connectivity index (χ2v) is 18.1. The predicted octanol–water partition coefficient (Wildman–Crippen LogP) is 4.79. The van der Waals surface area contributed by atoms with Gasteiger partial charge >= 0.3 is 0 Å². The van der Waals surface area contributed by atoms with Crippen LogP contribution in [-0.2, 0) is 39.4 Å². The molecule has 2 amide bonds. The van der Waals surface area contributed by atoms with Crippen molar-refractivity contribution in [2.45, 2.75) is 76.0 Å². The molecule has 13 heteroatoms. The minimum Gasteiger partial charge on any atom is -0.497 e. The fraction of sp³-hybridized carbons (Fsp3) is 0.395. The van der Waals surface area contributed by atoms with Gasteiger partial charge < -0.3 is 24.3 Å². The third kappa shape index (κ3) is 6.39. The molecule has 0 radical (unpaired) electrons. The van der Waals surface area contributed by atoms with Gasteiger partial charge in [0.25, 0.3) is 5.91 Å². The first-order chi connectivity index (χ1) is 24.5. The normalized spacial score (nSPS) is 23.3. The molecule has 0 aliphatic carbocycles. The summed E-state index contributed by atoms with van der Waals surface area (Å²) in [5.41, 5.74) is 3.83. The van der Waals surface area contributed by atoms with Gasteiger partial charge in [-0.25, -0.2) is 5.01 Å². The molecular weight excluding hydrogens is 665 g/mol. The van der Waals surface area contributed by atoms with Crippen LogP contribution in [0.1, 0.15) is 48.6 Å². The Morgan fingerprint density at radius 3 is 2.59 bits per heavy atom. The number of fused-ring (bicyclic) bond motifs is 2. The summed E-state index contributed by atoms with van der Waals surface area (Å²) in [6, 6.07) is 23.1. The molecule has 3 aromatic carbocycles. The summed E-state index contributed by atoms with van der Waals surface area (Å²) in [5.74, 6) is -0.0204. The fourth-order valence-electron chi connectivity index (χ4n) is 8.11. The minimum atomic E-state index is -2.88. The fourth-order valence-corrected chi connectivity index (χ4v) is 10.7. The van der Waals surface area contributed by atoms with Crippen LogP contribution in [0.4, 0.5) is 11.4 Å². The van der Waals surface area contributed by atoms with Gasteiger partial charge in [0.15, 0.2) is 13.9 Å². The van der Waals surface area contributed by atoms with Crippen LogP contribution in [0.3, 0.4) is 0 Å². The molecule has 1 fully saturated rings. The molecule has 51 heavy (non-hydrogen) atoms. The van der Waals surface area contributed by atoms with E-state index in [1.807, 2.05) is 99.0 Å². The van der Waals surface area contributed by atoms with Gasteiger partial charge in [-0.05, 0) is 61.0 Å². The second kappa shape index (κ2) is 13.8. The number of hydrazone groups is 1. The monoisotopic (exact) mass is 708 g/mol. The van der Waals surface area contributed by atoms with Crippen LogP contribution in [0.15, 0.2) is 84.1 Å². The lowest BCUT2D eigenvalue weighted by atomic mass is 9.82. The highest BCUT2D eigenvalue weighted by Gasteiger charge is 2.66. The van der Waals surface area contributed by atoms with Crippen molar-refractivity contribution in [2.75, 3.05) is 23.6 Å². The number of aliphatic hydroxyl groups excluding tert-OH is 1. The number of aliphatic hydroxyl groups is 1. The number of aryl methyl sites for hydroxylation is 1. The van der Waals surface area contributed by atoms with E-state index in [2.05, 4.69) is 10.3 Å². The zero-order chi connectivity index (χ0) is 35.9. The van der Waals surface area contributed by atoms with E-state index < -0.39 is 20.0 Å². The third-order valence-electron chi connectivity index (χ3n) is 10.4. The quantitative estimate of drug-likeness (QED) is 0.212. The Morgan fingerprint density at radius 1 is 1.04 bits per heavy atom. The van der Waals surface area contributed by atoms with Gasteiger partial charge in [0.2, 0.25) is 5.91 Å². The first kappa shape index (κ1) is 34.7. The van der Waals surface area contributed by atoms with Crippen molar-refractivity contribution >= 4 is 37.2 Å². The van der Waals surface area contributed by atoms with Gasteiger partial charge in [-0.2, -0.15) is 5.10 Å². The molecule has 0 unspecified atom stereocenters. The van der Waals surface area contributed by atoms with Crippen LogP contribution in [0, 0.1) is 5.92 Å². The van der Waals surface area contributed by atoms with Gasteiger partial charge in [-0.3, -0.25) is 14.3 Å². The lowest BCUT2D eigenvalue weighted by molar-refractivity contribution is -0.146.